The van der Waals surface area contributed by atoms with Crippen LogP contribution in [0.25, 0.3) is 0 Å². The fourth-order valence-electron chi connectivity index (χ4n) is 1.99. The lowest BCUT2D eigenvalue weighted by Crippen LogP contribution is -2.36. The SMILES string of the molecule is COC(=O)C(C)NC(C)c1ccc(NC(=O)OC(C)(C)C)cc1. The Morgan fingerprint density at radius 3 is 2.13 bits per heavy atom. The number of esters is 1. The van der Waals surface area contributed by atoms with E-state index in [0.717, 1.165) is 5.56 Å². The van der Waals surface area contributed by atoms with Gasteiger partial charge in [-0.3, -0.25) is 15.4 Å². The lowest BCUT2D eigenvalue weighted by molar-refractivity contribution is -0.142. The number of hydrogen-bond acceptors (Lipinski definition) is 5. The summed E-state index contributed by atoms with van der Waals surface area (Å²) in [6.07, 6.45) is -0.490. The van der Waals surface area contributed by atoms with E-state index in [0.29, 0.717) is 5.69 Å². The predicted molar refractivity (Wildman–Crippen MR) is 89.3 cm³/mol. The number of rotatable bonds is 5. The summed E-state index contributed by atoms with van der Waals surface area (Å²) in [5.41, 5.74) is 1.11. The summed E-state index contributed by atoms with van der Waals surface area (Å²) in [7, 11) is 1.36. The van der Waals surface area contributed by atoms with Gasteiger partial charge in [-0.15, -0.1) is 0 Å². The second-order valence-electron chi connectivity index (χ2n) is 6.38. The van der Waals surface area contributed by atoms with Crippen LogP contribution in [-0.2, 0) is 14.3 Å². The standard InChI is InChI=1S/C17H26N2O4/c1-11(18-12(2)15(20)22-6)13-7-9-14(10-8-13)19-16(21)23-17(3,4)5/h7-12,18H,1-6H3,(H,19,21). The number of hydrogen-bond donors (Lipinski definition) is 2. The van der Waals surface area contributed by atoms with E-state index in [9.17, 15) is 9.59 Å². The van der Waals surface area contributed by atoms with Crippen LogP contribution < -0.4 is 10.6 Å². The average Bonchev–Trinajstić information content (AvgIpc) is 2.44. The summed E-state index contributed by atoms with van der Waals surface area (Å²) < 4.78 is 9.89. The molecule has 2 unspecified atom stereocenters. The number of methoxy groups -OCH3 is 1. The molecule has 23 heavy (non-hydrogen) atoms. The topological polar surface area (TPSA) is 76.7 Å². The molecule has 0 heterocycles. The smallest absolute Gasteiger partial charge is 0.412 e. The van der Waals surface area contributed by atoms with E-state index in [2.05, 4.69) is 15.4 Å². The van der Waals surface area contributed by atoms with E-state index in [1.807, 2.05) is 39.8 Å². The lowest BCUT2D eigenvalue weighted by Gasteiger charge is -2.20. The first-order chi connectivity index (χ1) is 10.6. The lowest BCUT2D eigenvalue weighted by atomic mass is 10.1. The fourth-order valence-corrected chi connectivity index (χ4v) is 1.99. The molecule has 0 spiro atoms. The molecule has 0 saturated carbocycles. The number of ether oxygens (including phenoxy) is 2. The number of carbonyl (C=O) groups is 2. The highest BCUT2D eigenvalue weighted by Gasteiger charge is 2.18. The number of benzene rings is 1. The maximum Gasteiger partial charge on any atom is 0.412 e. The van der Waals surface area contributed by atoms with Crippen molar-refractivity contribution in [3.8, 4) is 0 Å². The first-order valence-electron chi connectivity index (χ1n) is 7.56. The van der Waals surface area contributed by atoms with Crippen LogP contribution in [0, 0.1) is 0 Å². The van der Waals surface area contributed by atoms with E-state index in [4.69, 9.17) is 4.74 Å². The summed E-state index contributed by atoms with van der Waals surface area (Å²) in [5.74, 6) is -0.305. The molecule has 6 heteroatoms. The van der Waals surface area contributed by atoms with Crippen LogP contribution in [0.4, 0.5) is 10.5 Å². The van der Waals surface area contributed by atoms with E-state index in [-0.39, 0.29) is 12.0 Å². The number of nitrogens with one attached hydrogen (secondary N) is 2. The van der Waals surface area contributed by atoms with Crippen molar-refractivity contribution in [2.24, 2.45) is 0 Å². The molecule has 1 aromatic rings. The molecule has 0 saturated heterocycles. The van der Waals surface area contributed by atoms with Crippen LogP contribution in [0.15, 0.2) is 24.3 Å². The third-order valence-electron chi connectivity index (χ3n) is 3.11. The van der Waals surface area contributed by atoms with Gasteiger partial charge in [0, 0.05) is 11.7 Å². The molecule has 0 aliphatic rings. The molecule has 0 fully saturated rings. The van der Waals surface area contributed by atoms with Crippen LogP contribution >= 0.6 is 0 Å². The van der Waals surface area contributed by atoms with Gasteiger partial charge in [-0.05, 0) is 52.3 Å². The fraction of sp³-hybridized carbons (Fsp3) is 0.529. The summed E-state index contributed by atoms with van der Waals surface area (Å²) in [6.45, 7) is 9.14. The van der Waals surface area contributed by atoms with Crippen LogP contribution in [0.1, 0.15) is 46.2 Å². The van der Waals surface area contributed by atoms with Gasteiger partial charge >= 0.3 is 12.1 Å². The van der Waals surface area contributed by atoms with Crippen molar-refractivity contribution in [1.29, 1.82) is 0 Å². The third kappa shape index (κ3) is 6.69. The van der Waals surface area contributed by atoms with E-state index in [1.54, 1.807) is 19.1 Å². The Morgan fingerprint density at radius 2 is 1.65 bits per heavy atom. The van der Waals surface area contributed by atoms with Crippen LogP contribution in [0.5, 0.6) is 0 Å². The molecule has 0 bridgehead atoms. The first kappa shape index (κ1) is 19.0. The minimum absolute atomic E-state index is 0.0281. The van der Waals surface area contributed by atoms with E-state index >= 15 is 0 Å². The molecular formula is C17H26N2O4. The Hall–Kier alpha value is -2.08. The van der Waals surface area contributed by atoms with E-state index < -0.39 is 17.7 Å². The normalized spacial score (nSPS) is 13.8. The number of amides is 1. The second kappa shape index (κ2) is 7.97. The van der Waals surface area contributed by atoms with Crippen molar-refractivity contribution in [1.82, 2.24) is 5.32 Å². The van der Waals surface area contributed by atoms with Crippen molar-refractivity contribution >= 4 is 17.7 Å². The molecule has 0 aliphatic carbocycles. The highest BCUT2D eigenvalue weighted by molar-refractivity contribution is 5.84. The Kier molecular flexibility index (Phi) is 6.57. The highest BCUT2D eigenvalue weighted by atomic mass is 16.6. The maximum atomic E-state index is 11.7. The largest absolute Gasteiger partial charge is 0.468 e. The molecule has 0 aliphatic heterocycles. The monoisotopic (exact) mass is 322 g/mol. The zero-order chi connectivity index (χ0) is 17.6. The average molecular weight is 322 g/mol. The van der Waals surface area contributed by atoms with Crippen molar-refractivity contribution in [3.63, 3.8) is 0 Å². The summed E-state index contributed by atoms with van der Waals surface area (Å²) >= 11 is 0. The van der Waals surface area contributed by atoms with Crippen LogP contribution in [0.3, 0.4) is 0 Å². The zero-order valence-corrected chi connectivity index (χ0v) is 14.6. The summed E-state index contributed by atoms with van der Waals surface area (Å²) in [5, 5.41) is 5.83. The molecular weight excluding hydrogens is 296 g/mol. The Bertz CT molecular complexity index is 535. The molecule has 1 aromatic carbocycles. The van der Waals surface area contributed by atoms with Crippen LogP contribution in [0.2, 0.25) is 0 Å². The molecule has 0 aromatic heterocycles. The van der Waals surface area contributed by atoms with Crippen LogP contribution in [-0.4, -0.2) is 30.8 Å². The van der Waals surface area contributed by atoms with Gasteiger partial charge in [0.05, 0.1) is 7.11 Å². The second-order valence-corrected chi connectivity index (χ2v) is 6.38. The van der Waals surface area contributed by atoms with Gasteiger partial charge in [0.25, 0.3) is 0 Å². The quantitative estimate of drug-likeness (QED) is 0.814. The minimum Gasteiger partial charge on any atom is -0.468 e. The molecule has 2 N–H and O–H groups in total. The maximum absolute atomic E-state index is 11.7. The van der Waals surface area contributed by atoms with Gasteiger partial charge < -0.3 is 9.47 Å². The van der Waals surface area contributed by atoms with Crippen molar-refractivity contribution in [2.75, 3.05) is 12.4 Å². The van der Waals surface area contributed by atoms with Gasteiger partial charge in [0.1, 0.15) is 11.6 Å². The molecule has 2 atom stereocenters. The summed E-state index contributed by atoms with van der Waals surface area (Å²) in [6, 6.07) is 6.93. The molecule has 1 rings (SSSR count). The summed E-state index contributed by atoms with van der Waals surface area (Å²) in [4.78, 5) is 23.1. The first-order valence-corrected chi connectivity index (χ1v) is 7.56. The molecule has 6 nitrogen and oxygen atoms in total. The van der Waals surface area contributed by atoms with Gasteiger partial charge in [-0.2, -0.15) is 0 Å². The van der Waals surface area contributed by atoms with Crippen molar-refractivity contribution < 1.29 is 19.1 Å². The molecule has 0 radical (unpaired) electrons. The highest BCUT2D eigenvalue weighted by Crippen LogP contribution is 2.17. The third-order valence-corrected chi connectivity index (χ3v) is 3.11. The van der Waals surface area contributed by atoms with Gasteiger partial charge in [0.2, 0.25) is 0 Å². The zero-order valence-electron chi connectivity index (χ0n) is 14.6. The molecule has 1 amide bonds. The Balaban J connectivity index is 2.62. The molecule has 128 valence electrons. The van der Waals surface area contributed by atoms with Gasteiger partial charge in [-0.25, -0.2) is 4.79 Å². The number of anilines is 1. The van der Waals surface area contributed by atoms with Gasteiger partial charge in [-0.1, -0.05) is 12.1 Å². The Labute approximate surface area is 137 Å². The van der Waals surface area contributed by atoms with Crippen molar-refractivity contribution in [3.05, 3.63) is 29.8 Å². The van der Waals surface area contributed by atoms with E-state index in [1.165, 1.54) is 7.11 Å². The Morgan fingerprint density at radius 1 is 1.09 bits per heavy atom. The number of carbonyl (C=O) groups excluding carboxylic acids is 2. The van der Waals surface area contributed by atoms with Crippen molar-refractivity contribution in [2.45, 2.75) is 52.3 Å². The minimum atomic E-state index is -0.535. The predicted octanol–water partition coefficient (Wildman–Crippen LogP) is 3.25. The van der Waals surface area contributed by atoms with Gasteiger partial charge in [0.15, 0.2) is 0 Å².